The van der Waals surface area contributed by atoms with Crippen LogP contribution < -0.4 is 4.57 Å². The van der Waals surface area contributed by atoms with Gasteiger partial charge in [0.25, 0.3) is 0 Å². The summed E-state index contributed by atoms with van der Waals surface area (Å²) in [6.45, 7) is 0. The highest BCUT2D eigenvalue weighted by Gasteiger charge is 2.21. The van der Waals surface area contributed by atoms with Gasteiger partial charge in [-0.25, -0.2) is 4.57 Å². The minimum Gasteiger partial charge on any atom is -0.224 e. The second kappa shape index (κ2) is 4.90. The molecule has 6 aromatic rings. The average Bonchev–Trinajstić information content (AvgIpc) is 3.10. The van der Waals surface area contributed by atoms with Crippen LogP contribution in [0.15, 0.2) is 66.7 Å². The van der Waals surface area contributed by atoms with Gasteiger partial charge in [0, 0.05) is 16.8 Å². The number of hydrogen-bond acceptors (Lipinski definition) is 1. The van der Waals surface area contributed by atoms with E-state index in [1.165, 1.54) is 32.4 Å². The van der Waals surface area contributed by atoms with E-state index in [9.17, 15) is 0 Å². The van der Waals surface area contributed by atoms with E-state index in [4.69, 9.17) is 5.10 Å². The summed E-state index contributed by atoms with van der Waals surface area (Å²) in [5.74, 6) is 0. The van der Waals surface area contributed by atoms with Gasteiger partial charge >= 0.3 is 5.65 Å². The van der Waals surface area contributed by atoms with E-state index in [1.807, 2.05) is 0 Å². The van der Waals surface area contributed by atoms with Crippen molar-refractivity contribution in [1.82, 2.24) is 9.61 Å². The molecule has 4 aromatic carbocycles. The summed E-state index contributed by atoms with van der Waals surface area (Å²) in [5, 5.41) is 11.4. The molecular weight excluding hydrogens is 374 g/mol. The van der Waals surface area contributed by atoms with Crippen LogP contribution in [-0.2, 0) is 7.05 Å². The average molecular weight is 389 g/mol. The number of aromatic nitrogens is 3. The van der Waals surface area contributed by atoms with Crippen LogP contribution >= 0.6 is 17.0 Å². The largest absolute Gasteiger partial charge is 0.308 e. The highest BCUT2D eigenvalue weighted by atomic mass is 79.9. The van der Waals surface area contributed by atoms with Crippen LogP contribution in [0.1, 0.15) is 0 Å². The molecule has 0 saturated heterocycles. The second-order valence-electron chi connectivity index (χ2n) is 6.43. The molecule has 0 spiro atoms. The molecule has 6 rings (SSSR count). The fourth-order valence-corrected chi connectivity index (χ4v) is 4.10. The summed E-state index contributed by atoms with van der Waals surface area (Å²) in [4.78, 5) is 0. The van der Waals surface area contributed by atoms with Crippen molar-refractivity contribution >= 4 is 66.1 Å². The molecule has 0 aliphatic heterocycles. The van der Waals surface area contributed by atoms with Crippen molar-refractivity contribution in [2.75, 3.05) is 0 Å². The van der Waals surface area contributed by atoms with Crippen molar-refractivity contribution in [1.29, 1.82) is 0 Å². The van der Waals surface area contributed by atoms with Gasteiger partial charge in [-0.1, -0.05) is 58.1 Å². The van der Waals surface area contributed by atoms with Crippen molar-refractivity contribution < 1.29 is 4.57 Å². The number of nitrogens with zero attached hydrogens (tertiary/aromatic N) is 3. The SMILES string of the molecule is Br.C[n+]1c2ccccc2n2nc3c(cc21)c1cccc2cccc3c21. The van der Waals surface area contributed by atoms with Gasteiger partial charge in [0.15, 0.2) is 5.52 Å². The van der Waals surface area contributed by atoms with E-state index >= 15 is 0 Å². The Hall–Kier alpha value is -2.72. The molecule has 2 heterocycles. The Balaban J connectivity index is 0.00000140. The molecule has 0 bridgehead atoms. The molecule has 0 unspecified atom stereocenters. The Morgan fingerprint density at radius 3 is 2.44 bits per heavy atom. The predicted molar refractivity (Wildman–Crippen MR) is 108 cm³/mol. The van der Waals surface area contributed by atoms with E-state index in [-0.39, 0.29) is 17.0 Å². The number of para-hydroxylation sites is 2. The zero-order chi connectivity index (χ0) is 15.8. The third-order valence-corrected chi connectivity index (χ3v) is 5.21. The number of hydrogen-bond donors (Lipinski definition) is 0. The third-order valence-electron chi connectivity index (χ3n) is 5.21. The van der Waals surface area contributed by atoms with Gasteiger partial charge in [0.2, 0.25) is 5.52 Å². The number of imidazole rings is 1. The first-order valence-corrected chi connectivity index (χ1v) is 8.16. The Labute approximate surface area is 154 Å². The quantitative estimate of drug-likeness (QED) is 0.343. The second-order valence-corrected chi connectivity index (χ2v) is 6.43. The van der Waals surface area contributed by atoms with Crippen LogP contribution in [0.3, 0.4) is 0 Å². The molecule has 0 saturated carbocycles. The maximum absolute atomic E-state index is 5.04. The number of benzene rings is 3. The fraction of sp³-hybridized carbons (Fsp3) is 0.0476. The van der Waals surface area contributed by atoms with E-state index in [0.29, 0.717) is 0 Å². The lowest BCUT2D eigenvalue weighted by atomic mass is 10.1. The molecule has 0 amide bonds. The van der Waals surface area contributed by atoms with Crippen LogP contribution in [-0.4, -0.2) is 9.61 Å². The number of rotatable bonds is 0. The van der Waals surface area contributed by atoms with E-state index < -0.39 is 0 Å². The number of fused-ring (bicyclic) bond motifs is 6. The van der Waals surface area contributed by atoms with Crippen molar-refractivity contribution in [3.05, 3.63) is 66.7 Å². The molecule has 120 valence electrons. The highest BCUT2D eigenvalue weighted by molar-refractivity contribution is 8.93. The zero-order valence-corrected chi connectivity index (χ0v) is 15.3. The summed E-state index contributed by atoms with van der Waals surface area (Å²) >= 11 is 0. The van der Waals surface area contributed by atoms with Gasteiger partial charge in [-0.05, 0) is 28.3 Å². The lowest BCUT2D eigenvalue weighted by molar-refractivity contribution is -0.618. The van der Waals surface area contributed by atoms with E-state index in [2.05, 4.69) is 82.9 Å². The Morgan fingerprint density at radius 1 is 0.840 bits per heavy atom. The lowest BCUT2D eigenvalue weighted by Gasteiger charge is -1.96. The van der Waals surface area contributed by atoms with Crippen molar-refractivity contribution in [2.24, 2.45) is 7.05 Å². The Bertz CT molecular complexity index is 1410. The van der Waals surface area contributed by atoms with Crippen LogP contribution in [0.5, 0.6) is 0 Å². The maximum Gasteiger partial charge on any atom is 0.308 e. The first kappa shape index (κ1) is 14.6. The molecule has 0 aliphatic carbocycles. The minimum atomic E-state index is 0. The summed E-state index contributed by atoms with van der Waals surface area (Å²) in [7, 11) is 2.11. The van der Waals surface area contributed by atoms with E-state index in [0.717, 1.165) is 16.7 Å². The third kappa shape index (κ3) is 1.70. The molecule has 2 aromatic heterocycles. The van der Waals surface area contributed by atoms with Crippen LogP contribution in [0, 0.1) is 0 Å². The predicted octanol–water partition coefficient (Wildman–Crippen LogP) is 4.79. The van der Waals surface area contributed by atoms with Gasteiger partial charge in [-0.15, -0.1) is 17.0 Å². The lowest BCUT2D eigenvalue weighted by Crippen LogP contribution is -2.27. The Kier molecular flexibility index (Phi) is 2.86. The van der Waals surface area contributed by atoms with Gasteiger partial charge in [-0.3, -0.25) is 0 Å². The van der Waals surface area contributed by atoms with Gasteiger partial charge in [0.05, 0.1) is 7.05 Å². The minimum absolute atomic E-state index is 0. The van der Waals surface area contributed by atoms with Crippen molar-refractivity contribution in [3.8, 4) is 0 Å². The molecule has 0 radical (unpaired) electrons. The van der Waals surface area contributed by atoms with E-state index in [1.54, 1.807) is 0 Å². The van der Waals surface area contributed by atoms with Gasteiger partial charge in [0.1, 0.15) is 5.52 Å². The van der Waals surface area contributed by atoms with Crippen molar-refractivity contribution in [2.45, 2.75) is 0 Å². The maximum atomic E-state index is 5.04. The topological polar surface area (TPSA) is 21.2 Å². The Morgan fingerprint density at radius 2 is 1.60 bits per heavy atom. The molecular formula is C21H15BrN3+. The zero-order valence-electron chi connectivity index (χ0n) is 13.6. The van der Waals surface area contributed by atoms with Crippen LogP contribution in [0.2, 0.25) is 0 Å². The number of halogens is 1. The summed E-state index contributed by atoms with van der Waals surface area (Å²) in [5.41, 5.74) is 4.52. The molecule has 0 fully saturated rings. The molecule has 3 nitrogen and oxygen atoms in total. The number of aryl methyl sites for hydroxylation is 1. The first-order chi connectivity index (χ1) is 11.8. The smallest absolute Gasteiger partial charge is 0.224 e. The molecule has 0 atom stereocenters. The highest BCUT2D eigenvalue weighted by Crippen LogP contribution is 2.37. The summed E-state index contributed by atoms with van der Waals surface area (Å²) in [6, 6.07) is 23.7. The normalized spacial score (nSPS) is 11.9. The first-order valence-electron chi connectivity index (χ1n) is 8.16. The molecule has 25 heavy (non-hydrogen) atoms. The van der Waals surface area contributed by atoms with Gasteiger partial charge in [-0.2, -0.15) is 0 Å². The van der Waals surface area contributed by atoms with Crippen molar-refractivity contribution in [3.63, 3.8) is 0 Å². The molecule has 0 aliphatic rings. The molecule has 4 heteroatoms. The molecule has 0 N–H and O–H groups in total. The summed E-state index contributed by atoms with van der Waals surface area (Å²) in [6.07, 6.45) is 0. The van der Waals surface area contributed by atoms with Crippen LogP contribution in [0.4, 0.5) is 0 Å². The standard InChI is InChI=1S/C21H14N3.BrH/c1-23-17-10-2-3-11-18(17)24-19(23)12-16-14-8-4-6-13-7-5-9-15(20(13)14)21(16)22-24;/h2-12H,1H3;1H/q+1;. The van der Waals surface area contributed by atoms with Gasteiger partial charge < -0.3 is 0 Å². The monoisotopic (exact) mass is 388 g/mol. The van der Waals surface area contributed by atoms with Crippen LogP contribution in [0.25, 0.3) is 49.1 Å². The fourth-order valence-electron chi connectivity index (χ4n) is 4.10. The summed E-state index contributed by atoms with van der Waals surface area (Å²) < 4.78 is 4.28.